The molecule has 0 radical (unpaired) electrons. The molecule has 0 aliphatic rings. The number of nitrogens with zero attached hydrogens (tertiary/aromatic N) is 4. The van der Waals surface area contributed by atoms with Gasteiger partial charge in [0, 0.05) is 0 Å². The number of aryl methyl sites for hydroxylation is 2. The van der Waals surface area contributed by atoms with E-state index in [4.69, 9.17) is 0 Å². The third-order valence-corrected chi connectivity index (χ3v) is 1.07. The molecule has 0 spiro atoms. The van der Waals surface area contributed by atoms with Gasteiger partial charge in [-0.25, -0.2) is 0 Å². The number of aromatic amines is 2. The van der Waals surface area contributed by atoms with E-state index in [1.54, 1.807) is 12.4 Å². The summed E-state index contributed by atoms with van der Waals surface area (Å²) in [4.78, 5) is 0. The van der Waals surface area contributed by atoms with Crippen molar-refractivity contribution in [3.63, 3.8) is 0 Å². The number of H-pyrrole nitrogens is 2. The molecule has 0 aliphatic heterocycles. The molecule has 0 aliphatic carbocycles. The Hall–Kier alpha value is -1.72. The Kier molecular flexibility index (Phi) is 2.95. The molecule has 0 saturated heterocycles. The second-order valence-electron chi connectivity index (χ2n) is 2.22. The molecule has 0 atom stereocenters. The van der Waals surface area contributed by atoms with E-state index in [0.717, 1.165) is 11.4 Å². The summed E-state index contributed by atoms with van der Waals surface area (Å²) in [5.74, 6) is 0. The molecule has 2 N–H and O–H groups in total. The molecule has 0 fully saturated rings. The molecule has 0 saturated carbocycles. The quantitative estimate of drug-likeness (QED) is 0.586. The van der Waals surface area contributed by atoms with Gasteiger partial charge in [0.25, 0.3) is 0 Å². The van der Waals surface area contributed by atoms with Crippen LogP contribution in [0.5, 0.6) is 0 Å². The average Bonchev–Trinajstić information content (AvgIpc) is 2.63. The topological polar surface area (TPSA) is 83.1 Å². The van der Waals surface area contributed by atoms with Crippen molar-refractivity contribution in [1.29, 1.82) is 0 Å². The summed E-state index contributed by atoms with van der Waals surface area (Å²) in [5.41, 5.74) is 1.85. The molecule has 6 heteroatoms. The molecule has 6 nitrogen and oxygen atoms in total. The second kappa shape index (κ2) is 4.22. The smallest absolute Gasteiger partial charge is 0.0793 e. The van der Waals surface area contributed by atoms with E-state index in [2.05, 4.69) is 30.8 Å². The lowest BCUT2D eigenvalue weighted by molar-refractivity contribution is 0.928. The predicted octanol–water partition coefficient (Wildman–Crippen LogP) is 0.226. The Labute approximate surface area is 69.4 Å². The summed E-state index contributed by atoms with van der Waals surface area (Å²) < 4.78 is 0. The highest BCUT2D eigenvalue weighted by molar-refractivity contribution is 4.83. The van der Waals surface area contributed by atoms with E-state index in [-0.39, 0.29) is 0 Å². The first-order valence-corrected chi connectivity index (χ1v) is 3.44. The number of nitrogens with one attached hydrogen (secondary N) is 2. The van der Waals surface area contributed by atoms with Crippen molar-refractivity contribution < 1.29 is 0 Å². The molecule has 0 aromatic carbocycles. The molecule has 2 heterocycles. The molecule has 0 amide bonds. The fraction of sp³-hybridized carbons (Fsp3) is 0.333. The summed E-state index contributed by atoms with van der Waals surface area (Å²) in [7, 11) is 0. The van der Waals surface area contributed by atoms with Crippen molar-refractivity contribution in [1.82, 2.24) is 30.8 Å². The minimum Gasteiger partial charge on any atom is -0.198 e. The zero-order chi connectivity index (χ0) is 8.81. The van der Waals surface area contributed by atoms with Crippen LogP contribution in [0.1, 0.15) is 11.4 Å². The van der Waals surface area contributed by atoms with Crippen LogP contribution in [0.4, 0.5) is 0 Å². The molecule has 2 aromatic rings. The van der Waals surface area contributed by atoms with E-state index in [9.17, 15) is 0 Å². The zero-order valence-electron chi connectivity index (χ0n) is 6.94. The minimum absolute atomic E-state index is 0.926. The number of hydrogen-bond donors (Lipinski definition) is 2. The second-order valence-corrected chi connectivity index (χ2v) is 2.22. The lowest BCUT2D eigenvalue weighted by atomic mass is 10.6. The fourth-order valence-corrected chi connectivity index (χ4v) is 0.518. The summed E-state index contributed by atoms with van der Waals surface area (Å²) in [5, 5.41) is 19.4. The first-order valence-electron chi connectivity index (χ1n) is 3.44. The van der Waals surface area contributed by atoms with Crippen LogP contribution < -0.4 is 0 Å². The first-order chi connectivity index (χ1) is 5.79. The van der Waals surface area contributed by atoms with E-state index in [1.165, 1.54) is 0 Å². The Morgan fingerprint density at radius 2 is 1.33 bits per heavy atom. The highest BCUT2D eigenvalue weighted by atomic mass is 15.3. The normalized spacial score (nSPS) is 8.83. The highest BCUT2D eigenvalue weighted by Crippen LogP contribution is 1.77. The van der Waals surface area contributed by atoms with Crippen molar-refractivity contribution >= 4 is 0 Å². The molecular formula is C6H10N6. The molecule has 2 rings (SSSR count). The standard InChI is InChI=1S/2C3H5N3/c2*1-3-2-4-6-5-3/h2*2H,1H3,(H,4,5,6). The van der Waals surface area contributed by atoms with E-state index in [0.29, 0.717) is 0 Å². The van der Waals surface area contributed by atoms with Gasteiger partial charge in [-0.05, 0) is 13.8 Å². The van der Waals surface area contributed by atoms with Crippen LogP contribution in [0.3, 0.4) is 0 Å². The van der Waals surface area contributed by atoms with E-state index < -0.39 is 0 Å². The van der Waals surface area contributed by atoms with Crippen LogP contribution in [-0.4, -0.2) is 30.8 Å². The maximum atomic E-state index is 3.68. The molecule has 64 valence electrons. The lowest BCUT2D eigenvalue weighted by Gasteiger charge is -1.62. The van der Waals surface area contributed by atoms with Crippen molar-refractivity contribution in [2.24, 2.45) is 0 Å². The van der Waals surface area contributed by atoms with Crippen molar-refractivity contribution in [2.45, 2.75) is 13.8 Å². The molecule has 12 heavy (non-hydrogen) atoms. The van der Waals surface area contributed by atoms with Gasteiger partial charge in [-0.15, -0.1) is 0 Å². The van der Waals surface area contributed by atoms with Gasteiger partial charge in [0.15, 0.2) is 0 Å². The Morgan fingerprint density at radius 3 is 1.42 bits per heavy atom. The third kappa shape index (κ3) is 2.91. The molecule has 0 unspecified atom stereocenters. The van der Waals surface area contributed by atoms with Gasteiger partial charge in [0.2, 0.25) is 0 Å². The number of aromatic nitrogens is 6. The van der Waals surface area contributed by atoms with Gasteiger partial charge in [-0.1, -0.05) is 0 Å². The third-order valence-electron chi connectivity index (χ3n) is 1.07. The van der Waals surface area contributed by atoms with Gasteiger partial charge < -0.3 is 0 Å². The highest BCUT2D eigenvalue weighted by Gasteiger charge is 1.76. The maximum absolute atomic E-state index is 3.68. The largest absolute Gasteiger partial charge is 0.198 e. The van der Waals surface area contributed by atoms with Crippen LogP contribution in [0.25, 0.3) is 0 Å². The Morgan fingerprint density at radius 1 is 0.917 bits per heavy atom. The maximum Gasteiger partial charge on any atom is 0.0793 e. The molecule has 0 bridgehead atoms. The van der Waals surface area contributed by atoms with Crippen molar-refractivity contribution in [3.8, 4) is 0 Å². The first kappa shape index (κ1) is 8.38. The van der Waals surface area contributed by atoms with Crippen molar-refractivity contribution in [3.05, 3.63) is 23.8 Å². The fourth-order valence-electron chi connectivity index (χ4n) is 0.518. The number of rotatable bonds is 0. The van der Waals surface area contributed by atoms with Crippen LogP contribution in [0, 0.1) is 13.8 Å². The van der Waals surface area contributed by atoms with Gasteiger partial charge in [-0.3, -0.25) is 0 Å². The monoisotopic (exact) mass is 166 g/mol. The molecule has 2 aromatic heterocycles. The Bertz CT molecular complexity index is 251. The lowest BCUT2D eigenvalue weighted by Crippen LogP contribution is -1.66. The van der Waals surface area contributed by atoms with Crippen LogP contribution >= 0.6 is 0 Å². The van der Waals surface area contributed by atoms with Crippen molar-refractivity contribution in [2.75, 3.05) is 0 Å². The summed E-state index contributed by atoms with van der Waals surface area (Å²) in [6.07, 6.45) is 3.33. The minimum atomic E-state index is 0.926. The van der Waals surface area contributed by atoms with Gasteiger partial charge >= 0.3 is 0 Å². The van der Waals surface area contributed by atoms with Gasteiger partial charge in [0.1, 0.15) is 0 Å². The van der Waals surface area contributed by atoms with Crippen LogP contribution in [-0.2, 0) is 0 Å². The Balaban J connectivity index is 0.000000120. The molecular weight excluding hydrogens is 156 g/mol. The predicted molar refractivity (Wildman–Crippen MR) is 42.2 cm³/mol. The van der Waals surface area contributed by atoms with Gasteiger partial charge in [-0.2, -0.15) is 30.8 Å². The van der Waals surface area contributed by atoms with E-state index in [1.807, 2.05) is 13.8 Å². The number of hydrogen-bond acceptors (Lipinski definition) is 4. The van der Waals surface area contributed by atoms with Crippen LogP contribution in [0.2, 0.25) is 0 Å². The van der Waals surface area contributed by atoms with Gasteiger partial charge in [0.05, 0.1) is 23.8 Å². The summed E-state index contributed by atoms with van der Waals surface area (Å²) in [6, 6.07) is 0. The van der Waals surface area contributed by atoms with E-state index >= 15 is 0 Å². The zero-order valence-corrected chi connectivity index (χ0v) is 6.94. The van der Waals surface area contributed by atoms with Crippen LogP contribution in [0.15, 0.2) is 12.4 Å². The summed E-state index contributed by atoms with van der Waals surface area (Å²) >= 11 is 0. The summed E-state index contributed by atoms with van der Waals surface area (Å²) in [6.45, 7) is 3.76. The average molecular weight is 166 g/mol. The SMILES string of the molecule is Cc1cn[nH]n1.Cc1cn[nH]n1.